The van der Waals surface area contributed by atoms with Crippen LogP contribution in [0.4, 0.5) is 0 Å². The molecule has 3 N–H and O–H groups in total. The standard InChI is InChI=1S/C13H18N2O2/c1-3-11(10-7-5-4-6-8-10)15-13(17)9(2)12(14)16/h4-9,11H,3H2,1-2H3,(H2,14,16)(H,15,17)/t9-,11+/m1/s1. The number of hydrogen-bond donors (Lipinski definition) is 2. The molecule has 0 bridgehead atoms. The monoisotopic (exact) mass is 234 g/mol. The smallest absolute Gasteiger partial charge is 0.232 e. The van der Waals surface area contributed by atoms with E-state index in [9.17, 15) is 9.59 Å². The van der Waals surface area contributed by atoms with Gasteiger partial charge in [0.15, 0.2) is 0 Å². The summed E-state index contributed by atoms with van der Waals surface area (Å²) < 4.78 is 0. The van der Waals surface area contributed by atoms with E-state index in [4.69, 9.17) is 5.73 Å². The predicted molar refractivity (Wildman–Crippen MR) is 66.0 cm³/mol. The van der Waals surface area contributed by atoms with Crippen LogP contribution >= 0.6 is 0 Å². The Labute approximate surface area is 101 Å². The summed E-state index contributed by atoms with van der Waals surface area (Å²) in [5, 5.41) is 2.82. The summed E-state index contributed by atoms with van der Waals surface area (Å²) in [4.78, 5) is 22.6. The van der Waals surface area contributed by atoms with Crippen molar-refractivity contribution in [3.63, 3.8) is 0 Å². The minimum Gasteiger partial charge on any atom is -0.369 e. The maximum Gasteiger partial charge on any atom is 0.232 e. The van der Waals surface area contributed by atoms with Crippen molar-refractivity contribution in [1.29, 1.82) is 0 Å². The zero-order valence-corrected chi connectivity index (χ0v) is 10.1. The van der Waals surface area contributed by atoms with Crippen LogP contribution in [0.25, 0.3) is 0 Å². The topological polar surface area (TPSA) is 72.2 Å². The van der Waals surface area contributed by atoms with Crippen LogP contribution in [-0.2, 0) is 9.59 Å². The van der Waals surface area contributed by atoms with E-state index < -0.39 is 11.8 Å². The summed E-state index contributed by atoms with van der Waals surface area (Å²) in [5.74, 6) is -1.73. The van der Waals surface area contributed by atoms with E-state index in [0.29, 0.717) is 0 Å². The fourth-order valence-electron chi connectivity index (χ4n) is 1.53. The molecule has 92 valence electrons. The lowest BCUT2D eigenvalue weighted by Crippen LogP contribution is -2.38. The van der Waals surface area contributed by atoms with E-state index in [2.05, 4.69) is 5.32 Å². The minimum absolute atomic E-state index is 0.0782. The molecule has 0 heterocycles. The fraction of sp³-hybridized carbons (Fsp3) is 0.385. The molecular weight excluding hydrogens is 216 g/mol. The summed E-state index contributed by atoms with van der Waals surface area (Å²) in [7, 11) is 0. The number of carbonyl (C=O) groups is 2. The third-order valence-corrected chi connectivity index (χ3v) is 2.75. The van der Waals surface area contributed by atoms with Gasteiger partial charge in [0.1, 0.15) is 5.92 Å². The number of primary amides is 1. The third-order valence-electron chi connectivity index (χ3n) is 2.75. The van der Waals surface area contributed by atoms with Crippen LogP contribution in [0.5, 0.6) is 0 Å². The zero-order chi connectivity index (χ0) is 12.8. The number of nitrogens with one attached hydrogen (secondary N) is 1. The van der Waals surface area contributed by atoms with E-state index in [1.165, 1.54) is 6.92 Å². The van der Waals surface area contributed by atoms with Gasteiger partial charge in [-0.15, -0.1) is 0 Å². The quantitative estimate of drug-likeness (QED) is 0.755. The maximum absolute atomic E-state index is 11.7. The molecule has 1 aromatic rings. The summed E-state index contributed by atoms with van der Waals surface area (Å²) in [6.07, 6.45) is 0.765. The average Bonchev–Trinajstić information content (AvgIpc) is 2.35. The Hall–Kier alpha value is -1.84. The molecule has 1 rings (SSSR count). The van der Waals surface area contributed by atoms with Crippen molar-refractivity contribution in [3.8, 4) is 0 Å². The first-order chi connectivity index (χ1) is 8.06. The van der Waals surface area contributed by atoms with Gasteiger partial charge >= 0.3 is 0 Å². The lowest BCUT2D eigenvalue weighted by Gasteiger charge is -2.19. The first-order valence-corrected chi connectivity index (χ1v) is 5.71. The Kier molecular flexibility index (Phi) is 4.69. The number of amides is 2. The Morgan fingerprint density at radius 2 is 1.88 bits per heavy atom. The minimum atomic E-state index is -0.798. The van der Waals surface area contributed by atoms with Crippen LogP contribution in [0.1, 0.15) is 31.9 Å². The van der Waals surface area contributed by atoms with Gasteiger partial charge in [-0.25, -0.2) is 0 Å². The van der Waals surface area contributed by atoms with Gasteiger partial charge in [-0.1, -0.05) is 37.3 Å². The van der Waals surface area contributed by atoms with Gasteiger partial charge in [0.05, 0.1) is 6.04 Å². The van der Waals surface area contributed by atoms with Crippen LogP contribution in [-0.4, -0.2) is 11.8 Å². The van der Waals surface area contributed by atoms with Crippen LogP contribution < -0.4 is 11.1 Å². The van der Waals surface area contributed by atoms with Gasteiger partial charge in [0.25, 0.3) is 0 Å². The normalized spacial score (nSPS) is 13.8. The van der Waals surface area contributed by atoms with Crippen LogP contribution in [0.3, 0.4) is 0 Å². The van der Waals surface area contributed by atoms with Crippen molar-refractivity contribution in [1.82, 2.24) is 5.32 Å². The van der Waals surface area contributed by atoms with E-state index >= 15 is 0 Å². The summed E-state index contributed by atoms with van der Waals surface area (Å²) >= 11 is 0. The molecule has 0 spiro atoms. The molecule has 0 aromatic heterocycles. The maximum atomic E-state index is 11.7. The summed E-state index contributed by atoms with van der Waals surface area (Å²) in [5.41, 5.74) is 6.12. The molecule has 0 unspecified atom stereocenters. The van der Waals surface area contributed by atoms with E-state index in [1.54, 1.807) is 0 Å². The number of rotatable bonds is 5. The summed E-state index contributed by atoms with van der Waals surface area (Å²) in [6.45, 7) is 3.49. The van der Waals surface area contributed by atoms with Crippen molar-refractivity contribution in [2.24, 2.45) is 11.7 Å². The fourth-order valence-corrected chi connectivity index (χ4v) is 1.53. The molecule has 2 atom stereocenters. The van der Waals surface area contributed by atoms with Gasteiger partial charge in [-0.3, -0.25) is 9.59 Å². The molecule has 0 fully saturated rings. The van der Waals surface area contributed by atoms with Crippen LogP contribution in [0.2, 0.25) is 0 Å². The van der Waals surface area contributed by atoms with Crippen molar-refractivity contribution in [2.75, 3.05) is 0 Å². The van der Waals surface area contributed by atoms with Gasteiger partial charge in [0.2, 0.25) is 11.8 Å². The first-order valence-electron chi connectivity index (χ1n) is 5.71. The van der Waals surface area contributed by atoms with Crippen molar-refractivity contribution >= 4 is 11.8 Å². The SMILES string of the molecule is CC[C@H](NC(=O)[C@H](C)C(N)=O)c1ccccc1. The molecule has 4 heteroatoms. The summed E-state index contributed by atoms with van der Waals surface area (Å²) in [6, 6.07) is 9.57. The third kappa shape index (κ3) is 3.59. The van der Waals surface area contributed by atoms with Crippen LogP contribution in [0.15, 0.2) is 30.3 Å². The lowest BCUT2D eigenvalue weighted by molar-refractivity contribution is -0.133. The largest absolute Gasteiger partial charge is 0.369 e. The van der Waals surface area contributed by atoms with Crippen molar-refractivity contribution < 1.29 is 9.59 Å². The second-order valence-electron chi connectivity index (χ2n) is 4.00. The molecule has 4 nitrogen and oxygen atoms in total. The molecule has 0 saturated carbocycles. The van der Waals surface area contributed by atoms with E-state index in [1.807, 2.05) is 37.3 Å². The highest BCUT2D eigenvalue weighted by Crippen LogP contribution is 2.16. The van der Waals surface area contributed by atoms with E-state index in [0.717, 1.165) is 12.0 Å². The zero-order valence-electron chi connectivity index (χ0n) is 10.1. The Morgan fingerprint density at radius 1 is 1.29 bits per heavy atom. The highest BCUT2D eigenvalue weighted by molar-refractivity contribution is 5.99. The Morgan fingerprint density at radius 3 is 2.35 bits per heavy atom. The highest BCUT2D eigenvalue weighted by Gasteiger charge is 2.21. The van der Waals surface area contributed by atoms with Gasteiger partial charge in [-0.2, -0.15) is 0 Å². The second-order valence-corrected chi connectivity index (χ2v) is 4.00. The molecule has 1 aromatic carbocycles. The van der Waals surface area contributed by atoms with Gasteiger partial charge in [0, 0.05) is 0 Å². The van der Waals surface area contributed by atoms with Crippen molar-refractivity contribution in [3.05, 3.63) is 35.9 Å². The molecule has 0 aliphatic heterocycles. The highest BCUT2D eigenvalue weighted by atomic mass is 16.2. The van der Waals surface area contributed by atoms with Crippen molar-refractivity contribution in [2.45, 2.75) is 26.3 Å². The molecule has 17 heavy (non-hydrogen) atoms. The molecular formula is C13H18N2O2. The van der Waals surface area contributed by atoms with E-state index in [-0.39, 0.29) is 11.9 Å². The molecule has 0 aliphatic rings. The number of benzene rings is 1. The second kappa shape index (κ2) is 6.03. The lowest BCUT2D eigenvalue weighted by atomic mass is 10.0. The number of carbonyl (C=O) groups excluding carboxylic acids is 2. The predicted octanol–water partition coefficient (Wildman–Crippen LogP) is 1.38. The average molecular weight is 234 g/mol. The molecule has 0 radical (unpaired) electrons. The molecule has 0 aliphatic carbocycles. The van der Waals surface area contributed by atoms with Gasteiger partial charge in [-0.05, 0) is 18.9 Å². The van der Waals surface area contributed by atoms with Gasteiger partial charge < -0.3 is 11.1 Å². The first kappa shape index (κ1) is 13.2. The van der Waals surface area contributed by atoms with Crippen LogP contribution in [0, 0.1) is 5.92 Å². The Bertz CT molecular complexity index is 390. The Balaban J connectivity index is 2.71. The molecule has 0 saturated heterocycles. The number of hydrogen-bond acceptors (Lipinski definition) is 2. The number of nitrogens with two attached hydrogens (primary N) is 1. The molecule has 2 amide bonds.